The monoisotopic (exact) mass is 379 g/mol. The maximum Gasteiger partial charge on any atom is 0.242 e. The third-order valence-electron chi connectivity index (χ3n) is 3.53. The lowest BCUT2D eigenvalue weighted by Gasteiger charge is -2.35. The summed E-state index contributed by atoms with van der Waals surface area (Å²) in [7, 11) is 1.62. The number of aromatic nitrogens is 1. The number of hydrogen-bond donors (Lipinski definition) is 2. The number of hydrogen-bond acceptors (Lipinski definition) is 6. The number of nitrogens with two attached hydrogens (primary N) is 1. The van der Waals surface area contributed by atoms with Crippen molar-refractivity contribution in [3.63, 3.8) is 0 Å². The Morgan fingerprint density at radius 1 is 1.29 bits per heavy atom. The smallest absolute Gasteiger partial charge is 0.242 e. The van der Waals surface area contributed by atoms with Gasteiger partial charge in [0, 0.05) is 38.4 Å². The number of rotatable bonds is 5. The molecule has 2 amide bonds. The van der Waals surface area contributed by atoms with Gasteiger partial charge in [-0.15, -0.1) is 24.8 Å². The first kappa shape index (κ1) is 22.2. The highest BCUT2D eigenvalue weighted by atomic mass is 35.5. The number of methoxy groups -OCH3 is 1. The molecule has 1 aliphatic rings. The van der Waals surface area contributed by atoms with Crippen molar-refractivity contribution >= 4 is 42.4 Å². The van der Waals surface area contributed by atoms with Gasteiger partial charge in [0.05, 0.1) is 20.2 Å². The van der Waals surface area contributed by atoms with E-state index in [0.29, 0.717) is 26.2 Å². The summed E-state index contributed by atoms with van der Waals surface area (Å²) in [6, 6.07) is 3.67. The minimum Gasteiger partial charge on any atom is -0.497 e. The summed E-state index contributed by atoms with van der Waals surface area (Å²) >= 11 is 0. The largest absolute Gasteiger partial charge is 0.497 e. The molecule has 8 nitrogen and oxygen atoms in total. The molecule has 10 heteroatoms. The van der Waals surface area contributed by atoms with Crippen LogP contribution in [-0.4, -0.2) is 68.1 Å². The molecule has 1 aromatic heterocycles. The van der Waals surface area contributed by atoms with Crippen LogP contribution in [0.4, 0.5) is 5.82 Å². The fourth-order valence-corrected chi connectivity index (χ4v) is 2.24. The van der Waals surface area contributed by atoms with E-state index in [9.17, 15) is 9.59 Å². The van der Waals surface area contributed by atoms with Crippen molar-refractivity contribution in [1.29, 1.82) is 0 Å². The topological polar surface area (TPSA) is 101 Å². The van der Waals surface area contributed by atoms with Crippen LogP contribution in [0.5, 0.6) is 5.75 Å². The second-order valence-electron chi connectivity index (χ2n) is 4.90. The Morgan fingerprint density at radius 3 is 2.54 bits per heavy atom. The van der Waals surface area contributed by atoms with E-state index in [4.69, 9.17) is 10.5 Å². The minimum atomic E-state index is -0.326. The Kier molecular flexibility index (Phi) is 10.1. The average Bonchev–Trinajstić information content (AvgIpc) is 2.59. The highest BCUT2D eigenvalue weighted by Crippen LogP contribution is 2.19. The third kappa shape index (κ3) is 6.03. The molecule has 0 unspecified atom stereocenters. The van der Waals surface area contributed by atoms with Crippen LogP contribution >= 0.6 is 24.8 Å². The molecule has 0 aliphatic carbocycles. The Bertz CT molecular complexity index is 539. The summed E-state index contributed by atoms with van der Waals surface area (Å²) in [5, 5.41) is 2.49. The average molecular weight is 380 g/mol. The fraction of sp³-hybridized carbons (Fsp3) is 0.500. The normalized spacial score (nSPS) is 13.4. The number of anilines is 1. The number of ether oxygens (including phenoxy) is 1. The zero-order valence-corrected chi connectivity index (χ0v) is 15.1. The standard InChI is InChI=1S/C14H21N5O3.2ClH/c1-22-11-2-3-16-12(8-11)18-4-6-19(7-5-18)14(21)10-17-13(20)9-15;;/h2-3,8H,4-7,9-10,15H2,1H3,(H,17,20);2*1H. The van der Waals surface area contributed by atoms with Crippen LogP contribution < -0.4 is 20.7 Å². The van der Waals surface area contributed by atoms with Gasteiger partial charge < -0.3 is 25.6 Å². The number of carbonyl (C=O) groups excluding carboxylic acids is 2. The van der Waals surface area contributed by atoms with E-state index < -0.39 is 0 Å². The molecule has 0 aromatic carbocycles. The van der Waals surface area contributed by atoms with E-state index in [-0.39, 0.29) is 49.7 Å². The van der Waals surface area contributed by atoms with Gasteiger partial charge in [-0.3, -0.25) is 9.59 Å². The third-order valence-corrected chi connectivity index (χ3v) is 3.53. The van der Waals surface area contributed by atoms with E-state index in [1.165, 1.54) is 0 Å². The van der Waals surface area contributed by atoms with Crippen molar-refractivity contribution in [3.8, 4) is 5.75 Å². The van der Waals surface area contributed by atoms with Crippen molar-refractivity contribution in [2.45, 2.75) is 0 Å². The molecule has 1 saturated heterocycles. The number of halogens is 2. The SMILES string of the molecule is COc1ccnc(N2CCN(C(=O)CNC(=O)CN)CC2)c1.Cl.Cl. The quantitative estimate of drug-likeness (QED) is 0.725. The molecule has 2 heterocycles. The maximum absolute atomic E-state index is 12.0. The van der Waals surface area contributed by atoms with Crippen LogP contribution in [0.3, 0.4) is 0 Å². The molecule has 1 aromatic rings. The highest BCUT2D eigenvalue weighted by Gasteiger charge is 2.22. The fourth-order valence-electron chi connectivity index (χ4n) is 2.24. The van der Waals surface area contributed by atoms with Gasteiger partial charge in [-0.05, 0) is 6.07 Å². The number of nitrogens with zero attached hydrogens (tertiary/aromatic N) is 3. The molecule has 0 spiro atoms. The van der Waals surface area contributed by atoms with Crippen LogP contribution in [0, 0.1) is 0 Å². The van der Waals surface area contributed by atoms with Crippen LogP contribution in [0.2, 0.25) is 0 Å². The Labute approximate surface area is 153 Å². The summed E-state index contributed by atoms with van der Waals surface area (Å²) < 4.78 is 5.19. The van der Waals surface area contributed by atoms with Crippen LogP contribution in [-0.2, 0) is 9.59 Å². The van der Waals surface area contributed by atoms with Crippen LogP contribution in [0.25, 0.3) is 0 Å². The molecular formula is C14H23Cl2N5O3. The van der Waals surface area contributed by atoms with Crippen molar-refractivity contribution < 1.29 is 14.3 Å². The van der Waals surface area contributed by atoms with Gasteiger partial charge >= 0.3 is 0 Å². The second kappa shape index (κ2) is 10.9. The molecule has 136 valence electrons. The summed E-state index contributed by atoms with van der Waals surface area (Å²) in [5.74, 6) is 1.17. The number of carbonyl (C=O) groups is 2. The van der Waals surface area contributed by atoms with Crippen LogP contribution in [0.15, 0.2) is 18.3 Å². The van der Waals surface area contributed by atoms with Gasteiger partial charge in [-0.1, -0.05) is 0 Å². The lowest BCUT2D eigenvalue weighted by atomic mass is 10.3. The lowest BCUT2D eigenvalue weighted by molar-refractivity contribution is -0.132. The first-order valence-corrected chi connectivity index (χ1v) is 7.13. The Morgan fingerprint density at radius 2 is 1.96 bits per heavy atom. The number of piperazine rings is 1. The van der Waals surface area contributed by atoms with E-state index in [2.05, 4.69) is 15.2 Å². The Hall–Kier alpha value is -1.77. The summed E-state index contributed by atoms with van der Waals surface area (Å²) in [6.07, 6.45) is 1.70. The summed E-state index contributed by atoms with van der Waals surface area (Å²) in [6.45, 7) is 2.45. The zero-order valence-electron chi connectivity index (χ0n) is 13.4. The van der Waals surface area contributed by atoms with Gasteiger partial charge in [0.25, 0.3) is 0 Å². The first-order chi connectivity index (χ1) is 10.6. The lowest BCUT2D eigenvalue weighted by Crippen LogP contribution is -2.51. The number of pyridine rings is 1. The van der Waals surface area contributed by atoms with E-state index >= 15 is 0 Å². The summed E-state index contributed by atoms with van der Waals surface area (Å²) in [4.78, 5) is 31.2. The molecule has 3 N–H and O–H groups in total. The van der Waals surface area contributed by atoms with Gasteiger partial charge in [-0.2, -0.15) is 0 Å². The number of amides is 2. The molecule has 0 bridgehead atoms. The van der Waals surface area contributed by atoms with E-state index in [0.717, 1.165) is 11.6 Å². The predicted octanol–water partition coefficient (Wildman–Crippen LogP) is -0.343. The zero-order chi connectivity index (χ0) is 15.9. The minimum absolute atomic E-state index is 0. The van der Waals surface area contributed by atoms with Gasteiger partial charge in [0.2, 0.25) is 11.8 Å². The molecule has 1 fully saturated rings. The van der Waals surface area contributed by atoms with Crippen molar-refractivity contribution in [3.05, 3.63) is 18.3 Å². The predicted molar refractivity (Wildman–Crippen MR) is 96.1 cm³/mol. The maximum atomic E-state index is 12.0. The van der Waals surface area contributed by atoms with E-state index in [1.807, 2.05) is 6.07 Å². The van der Waals surface area contributed by atoms with Gasteiger partial charge in [0.1, 0.15) is 11.6 Å². The Balaban J connectivity index is 0.00000264. The number of nitrogens with one attached hydrogen (secondary N) is 1. The molecule has 24 heavy (non-hydrogen) atoms. The van der Waals surface area contributed by atoms with Crippen molar-refractivity contribution in [1.82, 2.24) is 15.2 Å². The highest BCUT2D eigenvalue weighted by molar-refractivity contribution is 5.86. The molecule has 2 rings (SSSR count). The first-order valence-electron chi connectivity index (χ1n) is 7.13. The van der Waals surface area contributed by atoms with Crippen LogP contribution in [0.1, 0.15) is 0 Å². The van der Waals surface area contributed by atoms with Crippen molar-refractivity contribution in [2.24, 2.45) is 5.73 Å². The molecule has 1 aliphatic heterocycles. The molecule has 0 atom stereocenters. The van der Waals surface area contributed by atoms with Crippen molar-refractivity contribution in [2.75, 3.05) is 51.3 Å². The molecule has 0 radical (unpaired) electrons. The van der Waals surface area contributed by atoms with Gasteiger partial charge in [0.15, 0.2) is 0 Å². The summed E-state index contributed by atoms with van der Waals surface area (Å²) in [5.41, 5.74) is 5.18. The second-order valence-corrected chi connectivity index (χ2v) is 4.90. The molecular weight excluding hydrogens is 357 g/mol. The van der Waals surface area contributed by atoms with Gasteiger partial charge in [-0.25, -0.2) is 4.98 Å². The van der Waals surface area contributed by atoms with E-state index in [1.54, 1.807) is 24.3 Å². The molecule has 0 saturated carbocycles.